The molecule has 0 radical (unpaired) electrons. The summed E-state index contributed by atoms with van der Waals surface area (Å²) in [5, 5.41) is 18.2. The summed E-state index contributed by atoms with van der Waals surface area (Å²) < 4.78 is 5.27. The van der Waals surface area contributed by atoms with Gasteiger partial charge in [0, 0.05) is 13.0 Å². The van der Waals surface area contributed by atoms with Crippen LogP contribution < -0.4 is 0 Å². The number of ether oxygens (including phenoxy) is 1. The number of hydrogen-bond acceptors (Lipinski definition) is 4. The maximum absolute atomic E-state index is 12.1. The van der Waals surface area contributed by atoms with E-state index in [1.165, 1.54) is 109 Å². The Kier molecular flexibility index (Phi) is 28.6. The summed E-state index contributed by atoms with van der Waals surface area (Å²) in [6, 6.07) is 0. The predicted molar refractivity (Wildman–Crippen MR) is 155 cm³/mol. The minimum Gasteiger partial charge on any atom is -0.479 e. The van der Waals surface area contributed by atoms with Gasteiger partial charge in [-0.05, 0) is 25.7 Å². The Hall–Kier alpha value is -1.10. The molecule has 220 valence electrons. The number of hydrogen-bond donors (Lipinski definition) is 2. The van der Waals surface area contributed by atoms with Crippen molar-refractivity contribution >= 4 is 11.9 Å². The van der Waals surface area contributed by atoms with Gasteiger partial charge in [-0.25, -0.2) is 4.79 Å². The second-order valence-corrected chi connectivity index (χ2v) is 11.1. The summed E-state index contributed by atoms with van der Waals surface area (Å²) in [7, 11) is 0. The Balaban J connectivity index is 3.54. The van der Waals surface area contributed by atoms with E-state index < -0.39 is 12.1 Å². The third-order valence-electron chi connectivity index (χ3n) is 7.41. The Bertz CT molecular complexity index is 494. The van der Waals surface area contributed by atoms with Crippen LogP contribution in [-0.4, -0.2) is 34.9 Å². The first-order chi connectivity index (χ1) is 18.1. The molecule has 5 nitrogen and oxygen atoms in total. The SMILES string of the molecule is CCCCCCCCCCCCCCC(OC(=O)CCCCCCCCCCCCCCCO)C(=O)O. The summed E-state index contributed by atoms with van der Waals surface area (Å²) in [4.78, 5) is 23.6. The zero-order valence-electron chi connectivity index (χ0n) is 24.5. The topological polar surface area (TPSA) is 83.8 Å². The number of carbonyl (C=O) groups is 2. The van der Waals surface area contributed by atoms with Crippen molar-refractivity contribution in [3.05, 3.63) is 0 Å². The zero-order valence-corrected chi connectivity index (χ0v) is 24.5. The van der Waals surface area contributed by atoms with E-state index >= 15 is 0 Å². The third-order valence-corrected chi connectivity index (χ3v) is 7.41. The number of esters is 1. The number of carboxylic acids is 1. The van der Waals surface area contributed by atoms with Crippen molar-refractivity contribution in [2.24, 2.45) is 0 Å². The average Bonchev–Trinajstić information content (AvgIpc) is 2.88. The van der Waals surface area contributed by atoms with E-state index in [1.807, 2.05) is 0 Å². The van der Waals surface area contributed by atoms with Gasteiger partial charge in [0.1, 0.15) is 0 Å². The zero-order chi connectivity index (χ0) is 27.2. The minimum atomic E-state index is -1.01. The fraction of sp³-hybridized carbons (Fsp3) is 0.938. The van der Waals surface area contributed by atoms with Crippen molar-refractivity contribution in [1.82, 2.24) is 0 Å². The molecular formula is C32H62O5. The monoisotopic (exact) mass is 526 g/mol. The highest BCUT2D eigenvalue weighted by atomic mass is 16.6. The average molecular weight is 527 g/mol. The first-order valence-corrected chi connectivity index (χ1v) is 16.1. The predicted octanol–water partition coefficient (Wildman–Crippen LogP) is 9.53. The van der Waals surface area contributed by atoms with E-state index in [0.717, 1.165) is 51.4 Å². The lowest BCUT2D eigenvalue weighted by Gasteiger charge is -2.13. The molecule has 0 saturated heterocycles. The smallest absolute Gasteiger partial charge is 0.345 e. The molecule has 0 aromatic carbocycles. The van der Waals surface area contributed by atoms with Gasteiger partial charge >= 0.3 is 11.9 Å². The number of carboxylic acid groups (broad SMARTS) is 1. The molecule has 1 unspecified atom stereocenters. The van der Waals surface area contributed by atoms with Crippen LogP contribution in [0, 0.1) is 0 Å². The first kappa shape index (κ1) is 35.9. The standard InChI is InChI=1S/C32H62O5/c1-2-3-4-5-6-7-8-12-15-18-21-24-27-30(32(35)36)37-31(34)28-25-22-19-16-13-10-9-11-14-17-20-23-26-29-33/h30,33H,2-29H2,1H3,(H,35,36). The molecule has 5 heteroatoms. The Labute approximate surface area is 229 Å². The molecule has 0 rings (SSSR count). The molecule has 0 aliphatic rings. The number of unbranched alkanes of at least 4 members (excludes halogenated alkanes) is 23. The molecule has 0 heterocycles. The second kappa shape index (κ2) is 29.5. The normalized spacial score (nSPS) is 12.1. The highest BCUT2D eigenvalue weighted by Gasteiger charge is 2.21. The van der Waals surface area contributed by atoms with Crippen LogP contribution in [0.25, 0.3) is 0 Å². The van der Waals surface area contributed by atoms with Crippen LogP contribution in [0.4, 0.5) is 0 Å². The Morgan fingerprint density at radius 1 is 0.541 bits per heavy atom. The van der Waals surface area contributed by atoms with E-state index in [4.69, 9.17) is 9.84 Å². The van der Waals surface area contributed by atoms with E-state index in [2.05, 4.69) is 6.92 Å². The molecule has 37 heavy (non-hydrogen) atoms. The lowest BCUT2D eigenvalue weighted by Crippen LogP contribution is -2.27. The molecule has 0 fully saturated rings. The van der Waals surface area contributed by atoms with Gasteiger partial charge < -0.3 is 14.9 Å². The van der Waals surface area contributed by atoms with Gasteiger partial charge in [0.15, 0.2) is 6.10 Å². The second-order valence-electron chi connectivity index (χ2n) is 11.1. The molecule has 0 aliphatic carbocycles. The highest BCUT2D eigenvalue weighted by Crippen LogP contribution is 2.16. The van der Waals surface area contributed by atoms with Crippen molar-refractivity contribution in [3.63, 3.8) is 0 Å². The molecule has 0 spiro atoms. The van der Waals surface area contributed by atoms with Crippen LogP contribution in [0.2, 0.25) is 0 Å². The van der Waals surface area contributed by atoms with Gasteiger partial charge in [-0.1, -0.05) is 148 Å². The van der Waals surface area contributed by atoms with E-state index in [9.17, 15) is 14.7 Å². The van der Waals surface area contributed by atoms with Crippen molar-refractivity contribution in [3.8, 4) is 0 Å². The summed E-state index contributed by atoms with van der Waals surface area (Å²) in [5.41, 5.74) is 0. The Morgan fingerprint density at radius 2 is 0.892 bits per heavy atom. The maximum Gasteiger partial charge on any atom is 0.345 e. The number of aliphatic carboxylic acids is 1. The van der Waals surface area contributed by atoms with Crippen LogP contribution in [0.15, 0.2) is 0 Å². The summed E-state index contributed by atoms with van der Waals surface area (Å²) in [6.45, 7) is 2.57. The quantitative estimate of drug-likeness (QED) is 0.0719. The van der Waals surface area contributed by atoms with Gasteiger partial charge in [0.25, 0.3) is 0 Å². The highest BCUT2D eigenvalue weighted by molar-refractivity contribution is 5.77. The molecule has 2 N–H and O–H groups in total. The number of aliphatic hydroxyl groups excluding tert-OH is 1. The fourth-order valence-corrected chi connectivity index (χ4v) is 4.95. The van der Waals surface area contributed by atoms with E-state index in [1.54, 1.807) is 0 Å². The van der Waals surface area contributed by atoms with Crippen molar-refractivity contribution in [2.45, 2.75) is 186 Å². The molecule has 0 bridgehead atoms. The van der Waals surface area contributed by atoms with Crippen LogP contribution in [0.3, 0.4) is 0 Å². The molecule has 0 amide bonds. The third kappa shape index (κ3) is 27.7. The summed E-state index contributed by atoms with van der Waals surface area (Å²) >= 11 is 0. The van der Waals surface area contributed by atoms with Crippen LogP contribution in [-0.2, 0) is 14.3 Å². The molecule has 0 aromatic heterocycles. The van der Waals surface area contributed by atoms with Gasteiger partial charge in [0.2, 0.25) is 0 Å². The van der Waals surface area contributed by atoms with Crippen molar-refractivity contribution < 1.29 is 24.5 Å². The van der Waals surface area contributed by atoms with E-state index in [-0.39, 0.29) is 5.97 Å². The molecular weight excluding hydrogens is 464 g/mol. The van der Waals surface area contributed by atoms with Crippen molar-refractivity contribution in [1.29, 1.82) is 0 Å². The lowest BCUT2D eigenvalue weighted by molar-refractivity contribution is -0.164. The van der Waals surface area contributed by atoms with E-state index in [0.29, 0.717) is 19.4 Å². The first-order valence-electron chi connectivity index (χ1n) is 16.1. The largest absolute Gasteiger partial charge is 0.479 e. The summed E-state index contributed by atoms with van der Waals surface area (Å²) in [6.07, 6.45) is 29.9. The van der Waals surface area contributed by atoms with Gasteiger partial charge in [-0.15, -0.1) is 0 Å². The molecule has 0 saturated carbocycles. The van der Waals surface area contributed by atoms with Gasteiger partial charge in [-0.2, -0.15) is 0 Å². The fourth-order valence-electron chi connectivity index (χ4n) is 4.95. The molecule has 0 aliphatic heterocycles. The maximum atomic E-state index is 12.1. The van der Waals surface area contributed by atoms with Crippen LogP contribution >= 0.6 is 0 Å². The molecule has 0 aromatic rings. The number of rotatable bonds is 30. The van der Waals surface area contributed by atoms with Crippen molar-refractivity contribution in [2.75, 3.05) is 6.61 Å². The van der Waals surface area contributed by atoms with Crippen LogP contribution in [0.5, 0.6) is 0 Å². The van der Waals surface area contributed by atoms with Gasteiger partial charge in [0.05, 0.1) is 0 Å². The van der Waals surface area contributed by atoms with Gasteiger partial charge in [-0.3, -0.25) is 4.79 Å². The molecule has 1 atom stereocenters. The summed E-state index contributed by atoms with van der Waals surface area (Å²) in [5.74, 6) is -1.37. The van der Waals surface area contributed by atoms with Crippen LogP contribution in [0.1, 0.15) is 180 Å². The number of carbonyl (C=O) groups excluding carboxylic acids is 1. The number of aliphatic hydroxyl groups is 1. The lowest BCUT2D eigenvalue weighted by atomic mass is 10.0. The Morgan fingerprint density at radius 3 is 1.27 bits per heavy atom. The minimum absolute atomic E-state index is 0.323.